The van der Waals surface area contributed by atoms with Crippen LogP contribution in [0.25, 0.3) is 22.4 Å². The highest BCUT2D eigenvalue weighted by Gasteiger charge is 2.10. The first-order chi connectivity index (χ1) is 8.66. The Morgan fingerprint density at radius 2 is 1.94 bits per heavy atom. The van der Waals surface area contributed by atoms with Gasteiger partial charge >= 0.3 is 0 Å². The Morgan fingerprint density at radius 1 is 1.17 bits per heavy atom. The lowest BCUT2D eigenvalue weighted by atomic mass is 10.2. The van der Waals surface area contributed by atoms with Crippen molar-refractivity contribution in [2.75, 3.05) is 5.73 Å². The minimum absolute atomic E-state index is 0.567. The van der Waals surface area contributed by atoms with Gasteiger partial charge in [0.15, 0.2) is 0 Å². The van der Waals surface area contributed by atoms with E-state index in [1.807, 2.05) is 43.4 Å². The molecule has 0 aliphatic carbocycles. The van der Waals surface area contributed by atoms with Gasteiger partial charge in [-0.3, -0.25) is 0 Å². The first kappa shape index (κ1) is 11.1. The minimum atomic E-state index is 0.567. The Kier molecular flexibility index (Phi) is 2.49. The van der Waals surface area contributed by atoms with E-state index >= 15 is 0 Å². The molecule has 4 heteroatoms. The van der Waals surface area contributed by atoms with Crippen LogP contribution in [0.2, 0.25) is 5.02 Å². The van der Waals surface area contributed by atoms with Gasteiger partial charge in [-0.1, -0.05) is 23.7 Å². The molecule has 0 atom stereocenters. The van der Waals surface area contributed by atoms with Crippen LogP contribution in [0.3, 0.4) is 0 Å². The molecule has 0 aliphatic heterocycles. The number of nitrogen functional groups attached to an aromatic ring is 1. The number of anilines is 1. The molecule has 0 aliphatic rings. The van der Waals surface area contributed by atoms with Gasteiger partial charge in [-0.05, 0) is 30.3 Å². The molecule has 0 spiro atoms. The standard InChI is InChI=1S/C14H12ClN3/c1-18-13-5-3-2-4-12(13)17-14(18)9-6-7-10(15)11(16)8-9/h2-8H,16H2,1H3. The number of nitrogens with two attached hydrogens (primary N) is 1. The van der Waals surface area contributed by atoms with E-state index in [1.165, 1.54) is 0 Å². The predicted molar refractivity (Wildman–Crippen MR) is 75.6 cm³/mol. The van der Waals surface area contributed by atoms with E-state index in [1.54, 1.807) is 6.07 Å². The zero-order chi connectivity index (χ0) is 12.7. The number of benzene rings is 2. The summed E-state index contributed by atoms with van der Waals surface area (Å²) in [7, 11) is 2.00. The number of imidazole rings is 1. The molecule has 3 nitrogen and oxygen atoms in total. The summed E-state index contributed by atoms with van der Waals surface area (Å²) in [4.78, 5) is 4.62. The Balaban J connectivity index is 2.25. The van der Waals surface area contributed by atoms with E-state index in [4.69, 9.17) is 17.3 Å². The highest BCUT2D eigenvalue weighted by Crippen LogP contribution is 2.28. The van der Waals surface area contributed by atoms with E-state index < -0.39 is 0 Å². The second-order valence-electron chi connectivity index (χ2n) is 4.22. The molecule has 1 aromatic heterocycles. The number of para-hydroxylation sites is 2. The van der Waals surface area contributed by atoms with Gasteiger partial charge in [-0.15, -0.1) is 0 Å². The zero-order valence-electron chi connectivity index (χ0n) is 9.89. The lowest BCUT2D eigenvalue weighted by molar-refractivity contribution is 0.959. The number of aromatic nitrogens is 2. The molecular weight excluding hydrogens is 246 g/mol. The summed E-state index contributed by atoms with van der Waals surface area (Å²) in [5.74, 6) is 0.888. The summed E-state index contributed by atoms with van der Waals surface area (Å²) >= 11 is 5.93. The van der Waals surface area contributed by atoms with Gasteiger partial charge < -0.3 is 10.3 Å². The maximum absolute atomic E-state index is 5.93. The molecule has 0 fully saturated rings. The predicted octanol–water partition coefficient (Wildman–Crippen LogP) is 3.48. The van der Waals surface area contributed by atoms with Gasteiger partial charge in [0.2, 0.25) is 0 Å². The molecule has 1 heterocycles. The van der Waals surface area contributed by atoms with Crippen molar-refractivity contribution >= 4 is 28.3 Å². The third-order valence-electron chi connectivity index (χ3n) is 3.04. The fourth-order valence-electron chi connectivity index (χ4n) is 2.09. The van der Waals surface area contributed by atoms with Crippen LogP contribution in [0, 0.1) is 0 Å². The Bertz CT molecular complexity index is 731. The Morgan fingerprint density at radius 3 is 2.67 bits per heavy atom. The normalized spacial score (nSPS) is 11.0. The molecule has 2 N–H and O–H groups in total. The van der Waals surface area contributed by atoms with Crippen LogP contribution in [0.5, 0.6) is 0 Å². The highest BCUT2D eigenvalue weighted by atomic mass is 35.5. The van der Waals surface area contributed by atoms with E-state index in [9.17, 15) is 0 Å². The molecule has 2 aromatic carbocycles. The van der Waals surface area contributed by atoms with Crippen LogP contribution < -0.4 is 5.73 Å². The van der Waals surface area contributed by atoms with Gasteiger partial charge in [0.25, 0.3) is 0 Å². The Labute approximate surface area is 110 Å². The van der Waals surface area contributed by atoms with Crippen LogP contribution in [0.15, 0.2) is 42.5 Å². The topological polar surface area (TPSA) is 43.8 Å². The van der Waals surface area contributed by atoms with Gasteiger partial charge in [0, 0.05) is 12.6 Å². The molecule has 3 rings (SSSR count). The number of hydrogen-bond acceptors (Lipinski definition) is 2. The summed E-state index contributed by atoms with van der Waals surface area (Å²) < 4.78 is 2.05. The largest absolute Gasteiger partial charge is 0.398 e. The van der Waals surface area contributed by atoms with E-state index in [-0.39, 0.29) is 0 Å². The van der Waals surface area contributed by atoms with Gasteiger partial charge in [0.05, 0.1) is 21.7 Å². The monoisotopic (exact) mass is 257 g/mol. The molecule has 18 heavy (non-hydrogen) atoms. The van der Waals surface area contributed by atoms with E-state index in [0.717, 1.165) is 22.4 Å². The van der Waals surface area contributed by atoms with Gasteiger partial charge in [-0.2, -0.15) is 0 Å². The van der Waals surface area contributed by atoms with Crippen LogP contribution >= 0.6 is 11.6 Å². The van der Waals surface area contributed by atoms with Gasteiger partial charge in [0.1, 0.15) is 5.82 Å². The lowest BCUT2D eigenvalue weighted by Gasteiger charge is -2.04. The van der Waals surface area contributed by atoms with E-state index in [2.05, 4.69) is 9.55 Å². The maximum atomic E-state index is 5.93. The van der Waals surface area contributed by atoms with Crippen molar-refractivity contribution in [2.24, 2.45) is 7.05 Å². The average molecular weight is 258 g/mol. The number of rotatable bonds is 1. The van der Waals surface area contributed by atoms with Crippen molar-refractivity contribution in [2.45, 2.75) is 0 Å². The number of nitrogens with zero attached hydrogens (tertiary/aromatic N) is 2. The smallest absolute Gasteiger partial charge is 0.140 e. The first-order valence-corrected chi connectivity index (χ1v) is 6.01. The molecule has 0 saturated carbocycles. The molecule has 0 bridgehead atoms. The molecular formula is C14H12ClN3. The number of halogens is 1. The van der Waals surface area contributed by atoms with Crippen molar-refractivity contribution in [1.82, 2.24) is 9.55 Å². The summed E-state index contributed by atoms with van der Waals surface area (Å²) in [5, 5.41) is 0.567. The van der Waals surface area contributed by atoms with Crippen molar-refractivity contribution in [3.05, 3.63) is 47.5 Å². The molecule has 90 valence electrons. The summed E-state index contributed by atoms with van der Waals surface area (Å²) in [6, 6.07) is 13.6. The third kappa shape index (κ3) is 1.64. The zero-order valence-corrected chi connectivity index (χ0v) is 10.6. The number of hydrogen-bond donors (Lipinski definition) is 1. The number of fused-ring (bicyclic) bond motifs is 1. The van der Waals surface area contributed by atoms with Crippen molar-refractivity contribution in [1.29, 1.82) is 0 Å². The van der Waals surface area contributed by atoms with Crippen LogP contribution in [-0.4, -0.2) is 9.55 Å². The molecule has 3 aromatic rings. The van der Waals surface area contributed by atoms with E-state index in [0.29, 0.717) is 10.7 Å². The maximum Gasteiger partial charge on any atom is 0.140 e. The van der Waals surface area contributed by atoms with Crippen LogP contribution in [0.1, 0.15) is 0 Å². The van der Waals surface area contributed by atoms with Crippen molar-refractivity contribution in [3.8, 4) is 11.4 Å². The van der Waals surface area contributed by atoms with Crippen LogP contribution in [-0.2, 0) is 7.05 Å². The lowest BCUT2D eigenvalue weighted by Crippen LogP contribution is -1.94. The number of aryl methyl sites for hydroxylation is 1. The quantitative estimate of drug-likeness (QED) is 0.679. The first-order valence-electron chi connectivity index (χ1n) is 5.63. The Hall–Kier alpha value is -2.00. The third-order valence-corrected chi connectivity index (χ3v) is 3.39. The molecule has 0 amide bonds. The van der Waals surface area contributed by atoms with Crippen molar-refractivity contribution < 1.29 is 0 Å². The molecule has 0 radical (unpaired) electrons. The SMILES string of the molecule is Cn1c(-c2ccc(Cl)c(N)c2)nc2ccccc21. The highest BCUT2D eigenvalue weighted by molar-refractivity contribution is 6.33. The summed E-state index contributed by atoms with van der Waals surface area (Å²) in [6.45, 7) is 0. The minimum Gasteiger partial charge on any atom is -0.398 e. The van der Waals surface area contributed by atoms with Crippen molar-refractivity contribution in [3.63, 3.8) is 0 Å². The molecule has 0 unspecified atom stereocenters. The summed E-state index contributed by atoms with van der Waals surface area (Å²) in [5.41, 5.74) is 9.45. The van der Waals surface area contributed by atoms with Gasteiger partial charge in [-0.25, -0.2) is 4.98 Å². The molecule has 0 saturated heterocycles. The second kappa shape index (κ2) is 4.03. The fourth-order valence-corrected chi connectivity index (χ4v) is 2.20. The van der Waals surface area contributed by atoms with Crippen LogP contribution in [0.4, 0.5) is 5.69 Å². The fraction of sp³-hybridized carbons (Fsp3) is 0.0714. The second-order valence-corrected chi connectivity index (χ2v) is 4.63. The average Bonchev–Trinajstić information content (AvgIpc) is 2.71. The summed E-state index contributed by atoms with van der Waals surface area (Å²) in [6.07, 6.45) is 0.